The van der Waals surface area contributed by atoms with Crippen molar-refractivity contribution < 1.29 is 14.3 Å². The Labute approximate surface area is 165 Å². The van der Waals surface area contributed by atoms with Crippen LogP contribution in [-0.4, -0.2) is 34.7 Å². The van der Waals surface area contributed by atoms with Crippen molar-refractivity contribution in [1.82, 2.24) is 9.97 Å². The lowest BCUT2D eigenvalue weighted by molar-refractivity contribution is -0.154. The topological polar surface area (TPSA) is 73.3 Å². The molecule has 1 N–H and O–H groups in total. The highest BCUT2D eigenvalue weighted by molar-refractivity contribution is 6.32. The Morgan fingerprint density at radius 3 is 2.63 bits per heavy atom. The summed E-state index contributed by atoms with van der Waals surface area (Å²) < 4.78 is 10.8. The van der Waals surface area contributed by atoms with E-state index in [1.165, 1.54) is 0 Å². The number of hydrogen-bond donors (Lipinski definition) is 1. The Kier molecular flexibility index (Phi) is 7.66. The molecule has 2 aromatic rings. The van der Waals surface area contributed by atoms with E-state index in [-0.39, 0.29) is 5.97 Å². The molecule has 1 aromatic carbocycles. The van der Waals surface area contributed by atoms with Crippen molar-refractivity contribution in [1.29, 1.82) is 0 Å². The van der Waals surface area contributed by atoms with E-state index in [2.05, 4.69) is 15.3 Å². The molecule has 2 rings (SSSR count). The van der Waals surface area contributed by atoms with Gasteiger partial charge in [-0.3, -0.25) is 4.79 Å². The molecule has 0 aliphatic rings. The van der Waals surface area contributed by atoms with E-state index in [1.807, 2.05) is 45.9 Å². The zero-order valence-electron chi connectivity index (χ0n) is 16.5. The number of fused-ring (bicyclic) bond motifs is 1. The minimum atomic E-state index is -0.424. The zero-order chi connectivity index (χ0) is 19.9. The van der Waals surface area contributed by atoms with Gasteiger partial charge in [0.1, 0.15) is 11.4 Å². The highest BCUT2D eigenvalue weighted by Gasteiger charge is 2.15. The van der Waals surface area contributed by atoms with Gasteiger partial charge >= 0.3 is 5.97 Å². The fourth-order valence-electron chi connectivity index (χ4n) is 2.55. The molecule has 0 aliphatic carbocycles. The average Bonchev–Trinajstić information content (AvgIpc) is 2.57. The molecule has 0 atom stereocenters. The second kappa shape index (κ2) is 9.74. The van der Waals surface area contributed by atoms with Crippen LogP contribution in [0.4, 0.5) is 5.82 Å². The van der Waals surface area contributed by atoms with Crippen LogP contribution in [0.25, 0.3) is 11.0 Å². The molecule has 148 valence electrons. The molecule has 0 spiro atoms. The van der Waals surface area contributed by atoms with Gasteiger partial charge in [0.05, 0.1) is 17.6 Å². The summed E-state index contributed by atoms with van der Waals surface area (Å²) >= 11 is 6.22. The monoisotopic (exact) mass is 393 g/mol. The molecule has 0 saturated heterocycles. The van der Waals surface area contributed by atoms with Crippen molar-refractivity contribution in [3.8, 4) is 5.75 Å². The molecule has 0 bridgehead atoms. The van der Waals surface area contributed by atoms with E-state index < -0.39 is 5.60 Å². The number of hydrogen-bond acceptors (Lipinski definition) is 6. The van der Waals surface area contributed by atoms with Crippen molar-refractivity contribution in [2.75, 3.05) is 18.5 Å². The van der Waals surface area contributed by atoms with Gasteiger partial charge in [0.2, 0.25) is 0 Å². The predicted molar refractivity (Wildman–Crippen MR) is 109 cm³/mol. The van der Waals surface area contributed by atoms with Gasteiger partial charge in [-0.15, -0.1) is 0 Å². The maximum absolute atomic E-state index is 11.7. The number of carbonyl (C=O) groups is 1. The maximum Gasteiger partial charge on any atom is 0.306 e. The van der Waals surface area contributed by atoms with Crippen LogP contribution in [0.15, 0.2) is 18.2 Å². The van der Waals surface area contributed by atoms with Crippen molar-refractivity contribution >= 4 is 34.4 Å². The highest BCUT2D eigenvalue weighted by atomic mass is 35.5. The second-order valence-corrected chi connectivity index (χ2v) is 7.63. The Hall–Kier alpha value is -2.08. The first-order valence-corrected chi connectivity index (χ1v) is 9.72. The predicted octanol–water partition coefficient (Wildman–Crippen LogP) is 5.00. The summed E-state index contributed by atoms with van der Waals surface area (Å²) in [6, 6.07) is 5.56. The lowest BCUT2D eigenvalue weighted by atomic mass is 10.1. The van der Waals surface area contributed by atoms with Crippen molar-refractivity contribution in [2.45, 2.75) is 59.0 Å². The number of ether oxygens (including phenoxy) is 2. The molecular weight excluding hydrogens is 366 g/mol. The Morgan fingerprint density at radius 1 is 1.15 bits per heavy atom. The second-order valence-electron chi connectivity index (χ2n) is 7.27. The molecule has 0 fully saturated rings. The minimum absolute atomic E-state index is 0.149. The summed E-state index contributed by atoms with van der Waals surface area (Å²) in [5, 5.41) is 3.57. The van der Waals surface area contributed by atoms with E-state index >= 15 is 0 Å². The van der Waals surface area contributed by atoms with Crippen LogP contribution < -0.4 is 10.1 Å². The summed E-state index contributed by atoms with van der Waals surface area (Å²) in [6.07, 6.45) is 3.05. The molecule has 1 aromatic heterocycles. The molecule has 27 heavy (non-hydrogen) atoms. The van der Waals surface area contributed by atoms with E-state index in [9.17, 15) is 4.79 Å². The van der Waals surface area contributed by atoms with Crippen molar-refractivity contribution in [3.63, 3.8) is 0 Å². The van der Waals surface area contributed by atoms with Crippen LogP contribution in [-0.2, 0) is 9.53 Å². The van der Waals surface area contributed by atoms with Crippen LogP contribution in [0.1, 0.15) is 53.4 Å². The molecule has 0 saturated carbocycles. The van der Waals surface area contributed by atoms with Gasteiger partial charge in [-0.2, -0.15) is 0 Å². The quantitative estimate of drug-likeness (QED) is 0.477. The minimum Gasteiger partial charge on any atom is -0.494 e. The summed E-state index contributed by atoms with van der Waals surface area (Å²) in [4.78, 5) is 20.6. The molecular formula is C20H28ClN3O3. The van der Waals surface area contributed by atoms with Gasteiger partial charge in [0, 0.05) is 19.0 Å². The number of esters is 1. The van der Waals surface area contributed by atoms with E-state index in [4.69, 9.17) is 21.1 Å². The van der Waals surface area contributed by atoms with Gasteiger partial charge in [-0.05, 0) is 52.7 Å². The van der Waals surface area contributed by atoms with E-state index in [1.54, 1.807) is 0 Å². The third kappa shape index (κ3) is 7.21. The third-order valence-corrected chi connectivity index (χ3v) is 3.94. The van der Waals surface area contributed by atoms with Gasteiger partial charge in [-0.1, -0.05) is 18.0 Å². The first kappa shape index (κ1) is 21.2. The summed E-state index contributed by atoms with van der Waals surface area (Å²) in [7, 11) is 0. The van der Waals surface area contributed by atoms with E-state index in [0.717, 1.165) is 36.0 Å². The Morgan fingerprint density at radius 2 is 1.93 bits per heavy atom. The highest BCUT2D eigenvalue weighted by Crippen LogP contribution is 2.24. The van der Waals surface area contributed by atoms with Crippen LogP contribution >= 0.6 is 11.6 Å². The number of benzene rings is 1. The Balaban J connectivity index is 1.80. The smallest absolute Gasteiger partial charge is 0.306 e. The molecule has 6 nitrogen and oxygen atoms in total. The number of unbranched alkanes of at least 4 members (excludes halogenated alkanes) is 2. The molecule has 1 heterocycles. The number of aromatic nitrogens is 2. The first-order chi connectivity index (χ1) is 12.8. The molecule has 0 aliphatic heterocycles. The maximum atomic E-state index is 11.7. The molecule has 0 radical (unpaired) electrons. The zero-order valence-corrected chi connectivity index (χ0v) is 17.2. The summed E-state index contributed by atoms with van der Waals surface area (Å²) in [5.74, 6) is 1.17. The van der Waals surface area contributed by atoms with Crippen LogP contribution in [0.3, 0.4) is 0 Å². The lowest BCUT2D eigenvalue weighted by Gasteiger charge is -2.19. The fourth-order valence-corrected chi connectivity index (χ4v) is 2.75. The third-order valence-electron chi connectivity index (χ3n) is 3.67. The number of halogens is 1. The van der Waals surface area contributed by atoms with Crippen molar-refractivity contribution in [3.05, 3.63) is 23.4 Å². The molecule has 7 heteroatoms. The lowest BCUT2D eigenvalue weighted by Crippen LogP contribution is -2.23. The Bertz CT molecular complexity index is 775. The number of rotatable bonds is 9. The largest absolute Gasteiger partial charge is 0.494 e. The number of carbonyl (C=O) groups excluding carboxylic acids is 1. The van der Waals surface area contributed by atoms with Crippen LogP contribution in [0.2, 0.25) is 5.15 Å². The SMILES string of the molecule is CCOc1ccc2nc(Cl)c(NCCCCCC(=O)OC(C)(C)C)nc2c1. The number of nitrogens with zero attached hydrogens (tertiary/aromatic N) is 2. The van der Waals surface area contributed by atoms with Gasteiger partial charge in [0.25, 0.3) is 0 Å². The van der Waals surface area contributed by atoms with Crippen molar-refractivity contribution in [2.24, 2.45) is 0 Å². The fraction of sp³-hybridized carbons (Fsp3) is 0.550. The number of anilines is 1. The number of nitrogens with one attached hydrogen (secondary N) is 1. The standard InChI is InChI=1S/C20H28ClN3O3/c1-5-26-14-10-11-15-16(13-14)24-19(18(21)23-15)22-12-8-6-7-9-17(25)27-20(2,3)4/h10-11,13H,5-9,12H2,1-4H3,(H,22,24). The van der Waals surface area contributed by atoms with E-state index in [0.29, 0.717) is 30.5 Å². The normalized spacial score (nSPS) is 11.4. The summed E-state index contributed by atoms with van der Waals surface area (Å²) in [6.45, 7) is 8.87. The van der Waals surface area contributed by atoms with Gasteiger partial charge in [0.15, 0.2) is 11.0 Å². The van der Waals surface area contributed by atoms with Crippen LogP contribution in [0, 0.1) is 0 Å². The molecule has 0 unspecified atom stereocenters. The van der Waals surface area contributed by atoms with Gasteiger partial charge in [-0.25, -0.2) is 9.97 Å². The summed E-state index contributed by atoms with van der Waals surface area (Å²) in [5.41, 5.74) is 1.04. The van der Waals surface area contributed by atoms with Gasteiger partial charge < -0.3 is 14.8 Å². The average molecular weight is 394 g/mol. The molecule has 0 amide bonds. The first-order valence-electron chi connectivity index (χ1n) is 9.34. The van der Waals surface area contributed by atoms with Crippen LogP contribution in [0.5, 0.6) is 5.75 Å².